The van der Waals surface area contributed by atoms with Gasteiger partial charge in [-0.25, -0.2) is 4.98 Å². The third kappa shape index (κ3) is 2.35. The van der Waals surface area contributed by atoms with E-state index in [-0.39, 0.29) is 0 Å². The van der Waals surface area contributed by atoms with Gasteiger partial charge in [-0.1, -0.05) is 20.8 Å². The first-order valence-electron chi connectivity index (χ1n) is 7.34. The number of anilines is 2. The molecule has 3 rings (SSSR count). The first kappa shape index (κ1) is 13.6. The molecule has 3 N–H and O–H groups in total. The van der Waals surface area contributed by atoms with Crippen LogP contribution < -0.4 is 11.1 Å². The Morgan fingerprint density at radius 1 is 1.40 bits per heavy atom. The van der Waals surface area contributed by atoms with Crippen LogP contribution in [-0.4, -0.2) is 16.5 Å². The summed E-state index contributed by atoms with van der Waals surface area (Å²) in [6.07, 6.45) is 3.65. The molecule has 2 aromatic rings. The molecule has 4 nitrogen and oxygen atoms in total. The standard InChI is InChI=1S/C15H22N4S/c1-4-10-7-11-12(18-14(16)19-13(11)20-10)17-8-15(5-6-15)9(2)3/h7,9H,4-6,8H2,1-3H3,(H3,16,17,18,19). The van der Waals surface area contributed by atoms with Crippen molar-refractivity contribution in [2.45, 2.75) is 40.0 Å². The topological polar surface area (TPSA) is 63.8 Å². The summed E-state index contributed by atoms with van der Waals surface area (Å²) < 4.78 is 0. The van der Waals surface area contributed by atoms with Gasteiger partial charge in [0.25, 0.3) is 0 Å². The van der Waals surface area contributed by atoms with Crippen LogP contribution in [0.3, 0.4) is 0 Å². The van der Waals surface area contributed by atoms with Gasteiger partial charge in [0.05, 0.1) is 5.39 Å². The molecule has 1 aliphatic carbocycles. The van der Waals surface area contributed by atoms with E-state index in [9.17, 15) is 0 Å². The molecule has 0 radical (unpaired) electrons. The molecule has 108 valence electrons. The maximum absolute atomic E-state index is 5.83. The molecule has 0 aromatic carbocycles. The van der Waals surface area contributed by atoms with Gasteiger partial charge in [0.2, 0.25) is 5.95 Å². The van der Waals surface area contributed by atoms with Crippen molar-refractivity contribution in [2.24, 2.45) is 11.3 Å². The van der Waals surface area contributed by atoms with E-state index in [1.807, 2.05) is 0 Å². The lowest BCUT2D eigenvalue weighted by atomic mass is 9.92. The first-order valence-corrected chi connectivity index (χ1v) is 8.15. The zero-order chi connectivity index (χ0) is 14.3. The second-order valence-electron chi connectivity index (χ2n) is 6.09. The third-order valence-electron chi connectivity index (χ3n) is 4.53. The molecule has 0 unspecified atom stereocenters. The predicted molar refractivity (Wildman–Crippen MR) is 86.2 cm³/mol. The molecule has 0 saturated heterocycles. The van der Waals surface area contributed by atoms with Crippen LogP contribution in [0.4, 0.5) is 11.8 Å². The highest BCUT2D eigenvalue weighted by Crippen LogP contribution is 2.51. The summed E-state index contributed by atoms with van der Waals surface area (Å²) in [5.41, 5.74) is 6.29. The highest BCUT2D eigenvalue weighted by Gasteiger charge is 2.45. The van der Waals surface area contributed by atoms with Crippen LogP contribution in [0.2, 0.25) is 0 Å². The number of thiophene rings is 1. The predicted octanol–water partition coefficient (Wildman–Crippen LogP) is 3.68. The average Bonchev–Trinajstić information content (AvgIpc) is 3.09. The molecule has 5 heteroatoms. The van der Waals surface area contributed by atoms with Gasteiger partial charge in [-0.3, -0.25) is 0 Å². The zero-order valence-electron chi connectivity index (χ0n) is 12.4. The van der Waals surface area contributed by atoms with E-state index in [1.165, 1.54) is 17.7 Å². The summed E-state index contributed by atoms with van der Waals surface area (Å²) in [5.74, 6) is 1.97. The summed E-state index contributed by atoms with van der Waals surface area (Å²) in [6.45, 7) is 7.75. The Bertz CT molecular complexity index is 628. The van der Waals surface area contributed by atoms with Crippen molar-refractivity contribution in [3.63, 3.8) is 0 Å². The first-order chi connectivity index (χ1) is 9.54. The van der Waals surface area contributed by atoms with Crippen LogP contribution in [0, 0.1) is 11.3 Å². The van der Waals surface area contributed by atoms with Crippen LogP contribution in [-0.2, 0) is 6.42 Å². The fourth-order valence-corrected chi connectivity index (χ4v) is 3.65. The van der Waals surface area contributed by atoms with Crippen molar-refractivity contribution in [3.8, 4) is 0 Å². The highest BCUT2D eigenvalue weighted by atomic mass is 32.1. The zero-order valence-corrected chi connectivity index (χ0v) is 13.2. The van der Waals surface area contributed by atoms with Gasteiger partial charge in [0.1, 0.15) is 10.6 Å². The lowest BCUT2D eigenvalue weighted by molar-refractivity contribution is 0.380. The molecule has 0 aliphatic heterocycles. The number of hydrogen-bond donors (Lipinski definition) is 2. The summed E-state index contributed by atoms with van der Waals surface area (Å²) in [4.78, 5) is 11.1. The number of hydrogen-bond acceptors (Lipinski definition) is 5. The number of rotatable bonds is 5. The Labute approximate surface area is 123 Å². The number of nitrogen functional groups attached to an aromatic ring is 1. The van der Waals surface area contributed by atoms with Gasteiger partial charge < -0.3 is 11.1 Å². The lowest BCUT2D eigenvalue weighted by Gasteiger charge is -2.20. The van der Waals surface area contributed by atoms with Gasteiger partial charge in [0, 0.05) is 11.4 Å². The Hall–Kier alpha value is -1.36. The Kier molecular flexibility index (Phi) is 3.32. The van der Waals surface area contributed by atoms with Crippen molar-refractivity contribution < 1.29 is 0 Å². The smallest absolute Gasteiger partial charge is 0.223 e. The molecule has 1 saturated carbocycles. The summed E-state index contributed by atoms with van der Waals surface area (Å²) >= 11 is 1.71. The van der Waals surface area contributed by atoms with Crippen LogP contribution in [0.5, 0.6) is 0 Å². The fourth-order valence-electron chi connectivity index (χ4n) is 2.68. The monoisotopic (exact) mass is 290 g/mol. The van der Waals surface area contributed by atoms with Crippen LogP contribution in [0.15, 0.2) is 6.07 Å². The summed E-state index contributed by atoms with van der Waals surface area (Å²) in [6, 6.07) is 2.19. The third-order valence-corrected chi connectivity index (χ3v) is 5.71. The molecule has 0 bridgehead atoms. The van der Waals surface area contributed by atoms with Gasteiger partial charge in [0.15, 0.2) is 0 Å². The number of aromatic nitrogens is 2. The number of fused-ring (bicyclic) bond motifs is 1. The van der Waals surface area contributed by atoms with Crippen LogP contribution >= 0.6 is 11.3 Å². The van der Waals surface area contributed by atoms with Crippen LogP contribution in [0.1, 0.15) is 38.5 Å². The average molecular weight is 290 g/mol. The molecule has 2 heterocycles. The summed E-state index contributed by atoms with van der Waals surface area (Å²) in [5, 5.41) is 4.64. The van der Waals surface area contributed by atoms with E-state index in [1.54, 1.807) is 11.3 Å². The molecular weight excluding hydrogens is 268 g/mol. The van der Waals surface area contributed by atoms with E-state index in [2.05, 4.69) is 42.1 Å². The van der Waals surface area contributed by atoms with Crippen molar-refractivity contribution in [1.82, 2.24) is 9.97 Å². The maximum atomic E-state index is 5.83. The SMILES string of the molecule is CCc1cc2c(NCC3(C(C)C)CC3)nc(N)nc2s1. The number of nitrogens with one attached hydrogen (secondary N) is 1. The van der Waals surface area contributed by atoms with E-state index >= 15 is 0 Å². The molecule has 20 heavy (non-hydrogen) atoms. The fraction of sp³-hybridized carbons (Fsp3) is 0.600. The largest absolute Gasteiger partial charge is 0.369 e. The molecule has 0 spiro atoms. The van der Waals surface area contributed by atoms with Crippen molar-refractivity contribution in [1.29, 1.82) is 0 Å². The van der Waals surface area contributed by atoms with E-state index in [0.717, 1.165) is 29.0 Å². The van der Waals surface area contributed by atoms with Gasteiger partial charge in [-0.05, 0) is 36.7 Å². The number of nitrogens with two attached hydrogens (primary N) is 1. The minimum Gasteiger partial charge on any atom is -0.369 e. The molecular formula is C15H22N4S. The Balaban J connectivity index is 1.88. The molecule has 1 aliphatic rings. The van der Waals surface area contributed by atoms with Gasteiger partial charge >= 0.3 is 0 Å². The minimum absolute atomic E-state index is 0.360. The lowest BCUT2D eigenvalue weighted by Crippen LogP contribution is -2.21. The van der Waals surface area contributed by atoms with E-state index in [0.29, 0.717) is 17.3 Å². The van der Waals surface area contributed by atoms with Crippen LogP contribution in [0.25, 0.3) is 10.2 Å². The highest BCUT2D eigenvalue weighted by molar-refractivity contribution is 7.18. The van der Waals surface area contributed by atoms with Crippen molar-refractivity contribution in [3.05, 3.63) is 10.9 Å². The number of aryl methyl sites for hydroxylation is 1. The van der Waals surface area contributed by atoms with Gasteiger partial charge in [-0.2, -0.15) is 4.98 Å². The van der Waals surface area contributed by atoms with E-state index in [4.69, 9.17) is 5.73 Å². The molecule has 1 fully saturated rings. The van der Waals surface area contributed by atoms with Gasteiger partial charge in [-0.15, -0.1) is 11.3 Å². The summed E-state index contributed by atoms with van der Waals surface area (Å²) in [7, 11) is 0. The molecule has 0 amide bonds. The Morgan fingerprint density at radius 2 is 2.15 bits per heavy atom. The maximum Gasteiger partial charge on any atom is 0.223 e. The number of nitrogens with zero attached hydrogens (tertiary/aromatic N) is 2. The normalized spacial score (nSPS) is 16.8. The molecule has 0 atom stereocenters. The molecule has 2 aromatic heterocycles. The quantitative estimate of drug-likeness (QED) is 0.881. The second-order valence-corrected chi connectivity index (χ2v) is 7.20. The van der Waals surface area contributed by atoms with E-state index < -0.39 is 0 Å². The minimum atomic E-state index is 0.360. The Morgan fingerprint density at radius 3 is 2.75 bits per heavy atom. The van der Waals surface area contributed by atoms with Crippen molar-refractivity contribution >= 4 is 33.3 Å². The second kappa shape index (κ2) is 4.88. The van der Waals surface area contributed by atoms with Crippen molar-refractivity contribution in [2.75, 3.05) is 17.6 Å².